The molecule has 0 unspecified atom stereocenters. The second-order valence-corrected chi connectivity index (χ2v) is 25.7. The van der Waals surface area contributed by atoms with Crippen LogP contribution in [0.3, 0.4) is 0 Å². The summed E-state index contributed by atoms with van der Waals surface area (Å²) in [6.07, 6.45) is -6.88. The average molecular weight is 1460 g/mol. The molecule has 3 fully saturated rings. The van der Waals surface area contributed by atoms with Gasteiger partial charge in [0, 0.05) is 114 Å². The first kappa shape index (κ1) is 79.8. The van der Waals surface area contributed by atoms with Crippen molar-refractivity contribution < 1.29 is 74.0 Å². The third-order valence-electron chi connectivity index (χ3n) is 19.5. The van der Waals surface area contributed by atoms with Crippen molar-refractivity contribution in [2.45, 2.75) is 86.9 Å². The molecule has 0 radical (unpaired) electrons. The molecule has 0 saturated carbocycles. The maximum atomic E-state index is 14.2. The van der Waals surface area contributed by atoms with Crippen molar-refractivity contribution in [1.82, 2.24) is 29.4 Å². The minimum Gasteiger partial charge on any atom is -0.465 e. The van der Waals surface area contributed by atoms with E-state index in [9.17, 15) is 59.8 Å². The van der Waals surface area contributed by atoms with Crippen LogP contribution in [0.5, 0.6) is 0 Å². The molecule has 3 aliphatic heterocycles. The van der Waals surface area contributed by atoms with Gasteiger partial charge < -0.3 is 54.0 Å². The van der Waals surface area contributed by atoms with Crippen LogP contribution in [0.4, 0.5) is 46.9 Å². The molecule has 3 heterocycles. The van der Waals surface area contributed by atoms with Gasteiger partial charge in [-0.05, 0) is 147 Å². The van der Waals surface area contributed by atoms with Gasteiger partial charge in [0.2, 0.25) is 11.8 Å². The number of anilines is 2. The minimum atomic E-state index is -5.15. The summed E-state index contributed by atoms with van der Waals surface area (Å²) in [5.74, 6) is -2.10. The number of benzene rings is 6. The largest absolute Gasteiger partial charge is 0.465 e. The number of nitrogens with zero attached hydrogens (tertiary/aromatic N) is 7. The number of amides is 5. The number of hydrogen-bond acceptors (Lipinski definition) is 11. The lowest BCUT2D eigenvalue weighted by Crippen LogP contribution is -2.50. The van der Waals surface area contributed by atoms with Crippen molar-refractivity contribution >= 4 is 78.3 Å². The second kappa shape index (κ2) is 35.4. The van der Waals surface area contributed by atoms with Gasteiger partial charge in [0.05, 0.1) is 29.5 Å². The molecule has 6 aromatic carbocycles. The van der Waals surface area contributed by atoms with Gasteiger partial charge in [0.1, 0.15) is 31.4 Å². The van der Waals surface area contributed by atoms with E-state index in [1.54, 1.807) is 48.0 Å². The van der Waals surface area contributed by atoms with Gasteiger partial charge >= 0.3 is 18.4 Å². The number of likely N-dealkylation sites (N-methyl/N-ethyl adjacent to an activating group) is 2. The standard InChI is InChI=1S/C73H83F7N8O9.3ClH/c1-82(33-12-34-84(3)67(91)52-19-25-59(26-20-52)81-32-11-42-95-47-65(89)83(2)40-41-85-35-27-60(28-36-85)88(69(93)94)63-18-10-8-16-61(63)51-13-5-4-6-14-51)66(90)48-96-64-45-53-15-7-9-17-62(53)70(64)29-37-86(38-30-70)39-31-71(55-21-23-58(74)24-22-55)49-87(50-97-71)68(92)54-43-56(72(75,76)77)46-57(44-54)73(78,79)80;;;/h4-10,13-26,43-44,46,60,64,81H,11-12,27-42,45,47-50H2,1-3H3,(H,93,94);3*1H/t64-,71-;;;/m0.../s1. The molecule has 2 N–H and O–H groups in total. The molecule has 100 heavy (non-hydrogen) atoms. The van der Waals surface area contributed by atoms with Gasteiger partial charge in [0.15, 0.2) is 0 Å². The summed E-state index contributed by atoms with van der Waals surface area (Å²) in [6, 6.07) is 38.7. The van der Waals surface area contributed by atoms with E-state index in [0.29, 0.717) is 146 Å². The van der Waals surface area contributed by atoms with Crippen LogP contribution in [-0.2, 0) is 53.6 Å². The summed E-state index contributed by atoms with van der Waals surface area (Å²) >= 11 is 0. The molecule has 2 atom stereocenters. The minimum absolute atomic E-state index is 0. The molecule has 4 aliphatic rings. The number of piperidine rings is 2. The van der Waals surface area contributed by atoms with Crippen molar-refractivity contribution in [1.29, 1.82) is 0 Å². The average Bonchev–Trinajstić information content (AvgIpc) is 1.58. The molecule has 10 rings (SSSR count). The Balaban J connectivity index is 0.00000468. The van der Waals surface area contributed by atoms with Crippen molar-refractivity contribution in [2.24, 2.45) is 0 Å². The van der Waals surface area contributed by atoms with Crippen molar-refractivity contribution in [3.8, 4) is 11.1 Å². The highest BCUT2D eigenvalue weighted by atomic mass is 35.5. The summed E-state index contributed by atoms with van der Waals surface area (Å²) in [4.78, 5) is 78.4. The Labute approximate surface area is 597 Å². The number of alkyl halides is 6. The zero-order valence-electron chi connectivity index (χ0n) is 56.0. The quantitative estimate of drug-likeness (QED) is 0.0390. The summed E-state index contributed by atoms with van der Waals surface area (Å²) in [5, 5.41) is 13.7. The maximum Gasteiger partial charge on any atom is 0.416 e. The normalized spacial score (nSPS) is 17.7. The molecule has 5 amide bonds. The zero-order chi connectivity index (χ0) is 69.1. The van der Waals surface area contributed by atoms with E-state index in [1.807, 2.05) is 78.9 Å². The summed E-state index contributed by atoms with van der Waals surface area (Å²) in [5.41, 5.74) is 0.926. The van der Waals surface area contributed by atoms with Crippen LogP contribution in [0, 0.1) is 5.82 Å². The smallest absolute Gasteiger partial charge is 0.416 e. The highest BCUT2D eigenvalue weighted by Gasteiger charge is 2.50. The van der Waals surface area contributed by atoms with E-state index in [0.717, 1.165) is 32.8 Å². The first-order chi connectivity index (χ1) is 46.4. The Morgan fingerprint density at radius 3 is 1.92 bits per heavy atom. The Bertz CT molecular complexity index is 3670. The van der Waals surface area contributed by atoms with E-state index >= 15 is 0 Å². The number of likely N-dealkylation sites (tertiary alicyclic amines) is 2. The van der Waals surface area contributed by atoms with Crippen molar-refractivity contribution in [3.05, 3.63) is 190 Å². The molecule has 3 saturated heterocycles. The number of carbonyl (C=O) groups excluding carboxylic acids is 4. The monoisotopic (exact) mass is 1460 g/mol. The first-order valence-electron chi connectivity index (χ1n) is 32.9. The molecular weight excluding hydrogens is 1370 g/mol. The lowest BCUT2D eigenvalue weighted by Gasteiger charge is -2.44. The molecule has 542 valence electrons. The number of para-hydroxylation sites is 1. The van der Waals surface area contributed by atoms with E-state index in [4.69, 9.17) is 14.2 Å². The van der Waals surface area contributed by atoms with Gasteiger partial charge in [-0.15, -0.1) is 37.2 Å². The van der Waals surface area contributed by atoms with Crippen LogP contribution < -0.4 is 10.2 Å². The van der Waals surface area contributed by atoms with Crippen LogP contribution in [0.1, 0.15) is 93.5 Å². The third kappa shape index (κ3) is 19.5. The van der Waals surface area contributed by atoms with Crippen molar-refractivity contribution in [2.75, 3.05) is 130 Å². The van der Waals surface area contributed by atoms with Gasteiger partial charge in [0.25, 0.3) is 11.8 Å². The number of rotatable bonds is 26. The molecule has 6 aromatic rings. The number of carboxylic acid groups (broad SMARTS) is 1. The van der Waals surface area contributed by atoms with Gasteiger partial charge in [-0.2, -0.15) is 26.3 Å². The fourth-order valence-corrected chi connectivity index (χ4v) is 13.8. The Morgan fingerprint density at radius 1 is 0.660 bits per heavy atom. The summed E-state index contributed by atoms with van der Waals surface area (Å²) in [7, 11) is 5.19. The number of carbonyl (C=O) groups is 5. The third-order valence-corrected chi connectivity index (χ3v) is 19.5. The molecule has 17 nitrogen and oxygen atoms in total. The van der Waals surface area contributed by atoms with E-state index < -0.39 is 64.6 Å². The second-order valence-electron chi connectivity index (χ2n) is 25.7. The highest BCUT2D eigenvalue weighted by Crippen LogP contribution is 2.49. The Hall–Kier alpha value is -7.55. The highest BCUT2D eigenvalue weighted by molar-refractivity contribution is 5.96. The van der Waals surface area contributed by atoms with Gasteiger partial charge in [-0.3, -0.25) is 24.1 Å². The first-order valence-corrected chi connectivity index (χ1v) is 32.9. The van der Waals surface area contributed by atoms with E-state index in [2.05, 4.69) is 27.2 Å². The molecule has 0 bridgehead atoms. The fraction of sp³-hybridized carbons (Fsp3) is 0.438. The number of hydrogen-bond donors (Lipinski definition) is 2. The van der Waals surface area contributed by atoms with E-state index in [1.165, 1.54) is 29.2 Å². The number of ether oxygens (including phenoxy) is 3. The molecule has 27 heteroatoms. The topological polar surface area (TPSA) is 168 Å². The van der Waals surface area contributed by atoms with Crippen LogP contribution in [0.15, 0.2) is 146 Å². The maximum absolute atomic E-state index is 14.2. The summed E-state index contributed by atoms with van der Waals surface area (Å²) < 4.78 is 115. The number of nitrogens with one attached hydrogen (secondary N) is 1. The Kier molecular flexibility index (Phi) is 28.2. The Morgan fingerprint density at radius 2 is 1.26 bits per heavy atom. The van der Waals surface area contributed by atoms with Gasteiger partial charge in [-0.1, -0.05) is 84.9 Å². The lowest BCUT2D eigenvalue weighted by molar-refractivity contribution is -0.143. The van der Waals surface area contributed by atoms with Crippen molar-refractivity contribution in [3.63, 3.8) is 0 Å². The molecule has 1 spiro atoms. The SMILES string of the molecule is CN(CCN1CCC(N(C(=O)O)c2ccccc2-c2ccccc2)CC1)C(=O)COCCCNc1ccc(C(=O)N(C)CCCN(C)C(=O)CO[C@H]2Cc3ccccc3C23CCN(CC[C@@]2(c4ccc(F)cc4)CN(C(=O)c4cc(C(F)(F)F)cc(C(F)(F)F)c4)CO2)CC3)cc1.Cl.Cl.Cl. The number of fused-ring (bicyclic) bond motifs is 2. The fourth-order valence-electron chi connectivity index (χ4n) is 13.8. The van der Waals surface area contributed by atoms with Crippen LogP contribution in [0.25, 0.3) is 11.1 Å². The van der Waals surface area contributed by atoms with E-state index in [-0.39, 0.29) is 99.3 Å². The van der Waals surface area contributed by atoms with Crippen LogP contribution in [0.2, 0.25) is 0 Å². The number of halogens is 10. The van der Waals surface area contributed by atoms with Crippen LogP contribution >= 0.6 is 37.2 Å². The summed E-state index contributed by atoms with van der Waals surface area (Å²) in [6.45, 7) is 5.12. The molecule has 1 aliphatic carbocycles. The van der Waals surface area contributed by atoms with Crippen LogP contribution in [-0.4, -0.2) is 196 Å². The van der Waals surface area contributed by atoms with Gasteiger partial charge in [-0.25, -0.2) is 9.18 Å². The molecule has 0 aromatic heterocycles. The predicted molar refractivity (Wildman–Crippen MR) is 374 cm³/mol. The zero-order valence-corrected chi connectivity index (χ0v) is 58.4. The predicted octanol–water partition coefficient (Wildman–Crippen LogP) is 13.0. The molecular formula is C73H86Cl3F7N8O9. The lowest BCUT2D eigenvalue weighted by atomic mass is 9.72.